The van der Waals surface area contributed by atoms with Crippen molar-refractivity contribution in [3.63, 3.8) is 0 Å². The van der Waals surface area contributed by atoms with Gasteiger partial charge in [-0.3, -0.25) is 4.79 Å². The maximum atomic E-state index is 11.4. The Labute approximate surface area is 78.8 Å². The predicted molar refractivity (Wildman–Crippen MR) is 49.2 cm³/mol. The van der Waals surface area contributed by atoms with E-state index in [1.165, 1.54) is 6.41 Å². The van der Waals surface area contributed by atoms with Gasteiger partial charge in [0.15, 0.2) is 0 Å². The fourth-order valence-electron chi connectivity index (χ4n) is 1.69. The van der Waals surface area contributed by atoms with E-state index in [1.54, 1.807) is 4.72 Å². The molecule has 1 amide bonds. The summed E-state index contributed by atoms with van der Waals surface area (Å²) in [6, 6.07) is 0. The van der Waals surface area contributed by atoms with Gasteiger partial charge in [0.05, 0.1) is 5.25 Å². The smallest absolute Gasteiger partial charge is 0.263 e. The highest BCUT2D eigenvalue weighted by Crippen LogP contribution is 2.21. The topological polar surface area (TPSA) is 63.2 Å². The van der Waals surface area contributed by atoms with E-state index in [4.69, 9.17) is 0 Å². The second kappa shape index (κ2) is 4.60. The number of carbonyl (C=O) groups excluding carboxylic acids is 1. The van der Waals surface area contributed by atoms with E-state index in [-0.39, 0.29) is 0 Å². The molecular weight excluding hydrogens is 190 g/mol. The summed E-state index contributed by atoms with van der Waals surface area (Å²) in [5.74, 6) is 0. The van der Waals surface area contributed by atoms with Gasteiger partial charge in [-0.2, -0.15) is 0 Å². The van der Waals surface area contributed by atoms with E-state index >= 15 is 0 Å². The molecule has 1 aliphatic carbocycles. The van der Waals surface area contributed by atoms with Crippen molar-refractivity contribution in [1.82, 2.24) is 4.72 Å². The molecular formula is C8H14NO3S. The van der Waals surface area contributed by atoms with Crippen molar-refractivity contribution in [3.8, 4) is 0 Å². The lowest BCUT2D eigenvalue weighted by molar-refractivity contribution is 0.538. The highest BCUT2D eigenvalue weighted by Gasteiger charge is 2.25. The molecule has 0 aromatic heterocycles. The van der Waals surface area contributed by atoms with Crippen LogP contribution in [0.25, 0.3) is 0 Å². The average Bonchev–Trinajstić information content (AvgIpc) is 2.31. The molecule has 0 atom stereocenters. The van der Waals surface area contributed by atoms with Crippen molar-refractivity contribution in [2.45, 2.75) is 43.8 Å². The number of hydrogen-bond acceptors (Lipinski definition) is 3. The zero-order chi connectivity index (χ0) is 9.73. The van der Waals surface area contributed by atoms with Gasteiger partial charge in [-0.25, -0.2) is 13.1 Å². The average molecular weight is 204 g/mol. The van der Waals surface area contributed by atoms with Crippen LogP contribution in [0.3, 0.4) is 0 Å². The Morgan fingerprint density at radius 3 is 2.08 bits per heavy atom. The Bertz CT molecular complexity index is 253. The molecule has 1 saturated carbocycles. The minimum absolute atomic E-state index is 0.392. The van der Waals surface area contributed by atoms with Crippen LogP contribution >= 0.6 is 0 Å². The van der Waals surface area contributed by atoms with Gasteiger partial charge < -0.3 is 0 Å². The maximum Gasteiger partial charge on any atom is 0.323 e. The summed E-state index contributed by atoms with van der Waals surface area (Å²) in [5.41, 5.74) is 0. The molecule has 75 valence electrons. The van der Waals surface area contributed by atoms with E-state index in [2.05, 4.69) is 0 Å². The third-order valence-corrected chi connectivity index (χ3v) is 4.14. The zero-order valence-electron chi connectivity index (χ0n) is 7.45. The molecule has 1 aliphatic rings. The molecule has 0 aliphatic heterocycles. The lowest BCUT2D eigenvalue weighted by Gasteiger charge is -2.12. The largest absolute Gasteiger partial charge is 0.323 e. The molecule has 1 N–H and O–H groups in total. The van der Waals surface area contributed by atoms with Crippen LogP contribution in [0, 0.1) is 0 Å². The standard InChI is InChI=1S/C8H14NO3S/c10-7-9-13(11,12)8-5-3-1-2-4-6-8/h8H,1-6H2,(H,9,10). The summed E-state index contributed by atoms with van der Waals surface area (Å²) < 4.78 is 24.5. The van der Waals surface area contributed by atoms with Crippen LogP contribution in [0.4, 0.5) is 0 Å². The van der Waals surface area contributed by atoms with Crippen LogP contribution < -0.4 is 4.72 Å². The van der Waals surface area contributed by atoms with E-state index in [0.29, 0.717) is 12.8 Å². The minimum Gasteiger partial charge on any atom is -0.263 e. The molecule has 1 rings (SSSR count). The fourth-order valence-corrected chi connectivity index (χ4v) is 2.93. The molecule has 0 unspecified atom stereocenters. The Morgan fingerprint density at radius 2 is 1.62 bits per heavy atom. The Balaban J connectivity index is 2.62. The SMILES string of the molecule is O=[C]NS(=O)(=O)C1CCCCCC1. The quantitative estimate of drug-likeness (QED) is 0.543. The summed E-state index contributed by atoms with van der Waals surface area (Å²) in [6.45, 7) is 0. The molecule has 4 nitrogen and oxygen atoms in total. The molecule has 0 spiro atoms. The first-order chi connectivity index (χ1) is 6.17. The highest BCUT2D eigenvalue weighted by molar-refractivity contribution is 7.90. The van der Waals surface area contributed by atoms with Gasteiger partial charge in [0.1, 0.15) is 0 Å². The summed E-state index contributed by atoms with van der Waals surface area (Å²) in [6.07, 6.45) is 6.62. The van der Waals surface area contributed by atoms with E-state index in [9.17, 15) is 13.2 Å². The van der Waals surface area contributed by atoms with Gasteiger partial charge in [0.25, 0.3) is 0 Å². The first-order valence-electron chi connectivity index (χ1n) is 4.54. The Hall–Kier alpha value is -0.580. The van der Waals surface area contributed by atoms with Crippen molar-refractivity contribution in [3.05, 3.63) is 0 Å². The van der Waals surface area contributed by atoms with Gasteiger partial charge in [-0.15, -0.1) is 0 Å². The van der Waals surface area contributed by atoms with E-state index in [1.807, 2.05) is 0 Å². The van der Waals surface area contributed by atoms with Crippen LogP contribution in [0.2, 0.25) is 0 Å². The van der Waals surface area contributed by atoms with Crippen LogP contribution in [-0.4, -0.2) is 20.1 Å². The first kappa shape index (κ1) is 10.5. The molecule has 0 aromatic rings. The summed E-state index contributed by atoms with van der Waals surface area (Å²) >= 11 is 0. The third kappa shape index (κ3) is 2.99. The first-order valence-corrected chi connectivity index (χ1v) is 6.09. The van der Waals surface area contributed by atoms with Crippen LogP contribution in [0.1, 0.15) is 38.5 Å². The van der Waals surface area contributed by atoms with Crippen molar-refractivity contribution in [1.29, 1.82) is 0 Å². The Morgan fingerprint density at radius 1 is 1.08 bits per heavy atom. The number of rotatable bonds is 3. The minimum atomic E-state index is -3.43. The van der Waals surface area contributed by atoms with Crippen molar-refractivity contribution < 1.29 is 13.2 Å². The van der Waals surface area contributed by atoms with Gasteiger partial charge in [-0.1, -0.05) is 25.7 Å². The van der Waals surface area contributed by atoms with Crippen LogP contribution in [0.15, 0.2) is 0 Å². The number of amides is 1. The van der Waals surface area contributed by atoms with Gasteiger partial charge in [-0.05, 0) is 12.8 Å². The molecule has 0 heterocycles. The molecule has 1 fully saturated rings. The molecule has 0 saturated heterocycles. The lowest BCUT2D eigenvalue weighted by Crippen LogP contribution is -2.33. The second-order valence-corrected chi connectivity index (χ2v) is 5.32. The van der Waals surface area contributed by atoms with Crippen molar-refractivity contribution in [2.24, 2.45) is 0 Å². The van der Waals surface area contributed by atoms with Crippen molar-refractivity contribution in [2.75, 3.05) is 0 Å². The molecule has 13 heavy (non-hydrogen) atoms. The third-order valence-electron chi connectivity index (χ3n) is 2.42. The van der Waals surface area contributed by atoms with Crippen molar-refractivity contribution >= 4 is 16.4 Å². The number of sulfonamides is 1. The summed E-state index contributed by atoms with van der Waals surface area (Å²) in [5, 5.41) is -0.392. The summed E-state index contributed by atoms with van der Waals surface area (Å²) in [7, 11) is -3.43. The van der Waals surface area contributed by atoms with E-state index < -0.39 is 15.3 Å². The van der Waals surface area contributed by atoms with Crippen LogP contribution in [0.5, 0.6) is 0 Å². The number of hydrogen-bond donors (Lipinski definition) is 1. The van der Waals surface area contributed by atoms with Gasteiger partial charge in [0.2, 0.25) is 10.0 Å². The van der Waals surface area contributed by atoms with Gasteiger partial charge >= 0.3 is 6.41 Å². The fraction of sp³-hybridized carbons (Fsp3) is 0.875. The molecule has 0 bridgehead atoms. The molecule has 0 aromatic carbocycles. The normalized spacial score (nSPS) is 20.6. The van der Waals surface area contributed by atoms with E-state index in [0.717, 1.165) is 25.7 Å². The second-order valence-electron chi connectivity index (χ2n) is 3.36. The predicted octanol–water partition coefficient (Wildman–Crippen LogP) is 0.696. The molecule has 5 heteroatoms. The number of nitrogens with one attached hydrogen (secondary N) is 1. The maximum absolute atomic E-state index is 11.4. The van der Waals surface area contributed by atoms with Gasteiger partial charge in [0, 0.05) is 0 Å². The highest BCUT2D eigenvalue weighted by atomic mass is 32.2. The zero-order valence-corrected chi connectivity index (χ0v) is 8.27. The monoisotopic (exact) mass is 204 g/mol. The lowest BCUT2D eigenvalue weighted by atomic mass is 10.2. The Kier molecular flexibility index (Phi) is 3.71. The molecule has 1 radical (unpaired) electrons. The summed E-state index contributed by atoms with van der Waals surface area (Å²) in [4.78, 5) is 9.93. The van der Waals surface area contributed by atoms with Crippen LogP contribution in [-0.2, 0) is 14.8 Å².